The standard InChI is InChI=1S/C17H28N4O2S/c1-4-5-11-6-7-12-13(8-11)24-17(20-12)21-14(22)9-19-16(23)15(18)10(2)3/h10-11,15H,4-9,18H2,1-3H3,(H,19,23)(H,20,21,22)/t11?,15-/m0/s1. The Morgan fingerprint density at radius 2 is 2.17 bits per heavy atom. The lowest BCUT2D eigenvalue weighted by Crippen LogP contribution is -2.46. The van der Waals surface area contributed by atoms with Crippen molar-refractivity contribution in [1.82, 2.24) is 10.3 Å². The Bertz CT molecular complexity index is 585. The Morgan fingerprint density at radius 1 is 1.42 bits per heavy atom. The molecule has 4 N–H and O–H groups in total. The molecular weight excluding hydrogens is 324 g/mol. The van der Waals surface area contributed by atoms with Gasteiger partial charge in [0.15, 0.2) is 5.13 Å². The summed E-state index contributed by atoms with van der Waals surface area (Å²) in [5.41, 5.74) is 6.87. The van der Waals surface area contributed by atoms with Gasteiger partial charge in [0.25, 0.3) is 0 Å². The van der Waals surface area contributed by atoms with Crippen LogP contribution in [0.15, 0.2) is 0 Å². The van der Waals surface area contributed by atoms with Crippen molar-refractivity contribution in [2.75, 3.05) is 11.9 Å². The summed E-state index contributed by atoms with van der Waals surface area (Å²) in [5, 5.41) is 5.98. The van der Waals surface area contributed by atoms with E-state index in [1.807, 2.05) is 13.8 Å². The number of rotatable bonds is 7. The van der Waals surface area contributed by atoms with Gasteiger partial charge in [-0.15, -0.1) is 11.3 Å². The highest BCUT2D eigenvalue weighted by molar-refractivity contribution is 7.15. The molecule has 0 saturated heterocycles. The van der Waals surface area contributed by atoms with Crippen LogP contribution in [0.3, 0.4) is 0 Å². The molecule has 2 amide bonds. The van der Waals surface area contributed by atoms with Crippen molar-refractivity contribution >= 4 is 28.3 Å². The number of amides is 2. The summed E-state index contributed by atoms with van der Waals surface area (Å²) < 4.78 is 0. The molecule has 1 aliphatic carbocycles. The zero-order chi connectivity index (χ0) is 17.7. The lowest BCUT2D eigenvalue weighted by atomic mass is 9.88. The first-order valence-corrected chi connectivity index (χ1v) is 9.54. The summed E-state index contributed by atoms with van der Waals surface area (Å²) in [6, 6.07) is -0.597. The predicted octanol–water partition coefficient (Wildman–Crippen LogP) is 2.09. The second-order valence-corrected chi connectivity index (χ2v) is 7.91. The number of anilines is 1. The third-order valence-corrected chi connectivity index (χ3v) is 5.46. The summed E-state index contributed by atoms with van der Waals surface area (Å²) in [5.74, 6) is 0.203. The number of aromatic nitrogens is 1. The largest absolute Gasteiger partial charge is 0.346 e. The molecule has 1 heterocycles. The Morgan fingerprint density at radius 3 is 2.83 bits per heavy atom. The second kappa shape index (κ2) is 8.58. The van der Waals surface area contributed by atoms with E-state index >= 15 is 0 Å². The minimum atomic E-state index is -0.597. The van der Waals surface area contributed by atoms with Crippen LogP contribution in [0, 0.1) is 11.8 Å². The molecule has 24 heavy (non-hydrogen) atoms. The number of carbonyl (C=O) groups excluding carboxylic acids is 2. The topological polar surface area (TPSA) is 97.1 Å². The normalized spacial score (nSPS) is 18.1. The van der Waals surface area contributed by atoms with Gasteiger partial charge in [-0.25, -0.2) is 4.98 Å². The van der Waals surface area contributed by atoms with Crippen LogP contribution in [0.25, 0.3) is 0 Å². The van der Waals surface area contributed by atoms with E-state index in [-0.39, 0.29) is 24.3 Å². The van der Waals surface area contributed by atoms with Crippen molar-refractivity contribution in [1.29, 1.82) is 0 Å². The van der Waals surface area contributed by atoms with Crippen LogP contribution < -0.4 is 16.4 Å². The lowest BCUT2D eigenvalue weighted by Gasteiger charge is -2.19. The highest BCUT2D eigenvalue weighted by Gasteiger charge is 2.23. The maximum Gasteiger partial charge on any atom is 0.245 e. The molecule has 0 aromatic carbocycles. The summed E-state index contributed by atoms with van der Waals surface area (Å²) in [6.07, 6.45) is 5.70. The van der Waals surface area contributed by atoms with Gasteiger partial charge >= 0.3 is 0 Å². The van der Waals surface area contributed by atoms with Crippen molar-refractivity contribution < 1.29 is 9.59 Å². The van der Waals surface area contributed by atoms with Gasteiger partial charge in [-0.2, -0.15) is 0 Å². The molecule has 1 unspecified atom stereocenters. The highest BCUT2D eigenvalue weighted by Crippen LogP contribution is 2.33. The van der Waals surface area contributed by atoms with Gasteiger partial charge in [-0.3, -0.25) is 9.59 Å². The maximum atomic E-state index is 12.0. The number of carbonyl (C=O) groups is 2. The summed E-state index contributed by atoms with van der Waals surface area (Å²) >= 11 is 1.56. The first-order chi connectivity index (χ1) is 11.4. The van der Waals surface area contributed by atoms with Crippen molar-refractivity contribution in [2.45, 2.75) is 58.9 Å². The van der Waals surface area contributed by atoms with E-state index in [2.05, 4.69) is 22.5 Å². The van der Waals surface area contributed by atoms with E-state index in [1.165, 1.54) is 24.1 Å². The minimum Gasteiger partial charge on any atom is -0.346 e. The van der Waals surface area contributed by atoms with Crippen molar-refractivity contribution in [3.8, 4) is 0 Å². The molecule has 0 bridgehead atoms. The molecular formula is C17H28N4O2S. The molecule has 2 rings (SSSR count). The van der Waals surface area contributed by atoms with Crippen LogP contribution in [0.4, 0.5) is 5.13 Å². The van der Waals surface area contributed by atoms with Gasteiger partial charge in [-0.05, 0) is 31.1 Å². The monoisotopic (exact) mass is 352 g/mol. The Kier molecular flexibility index (Phi) is 6.74. The molecule has 0 spiro atoms. The molecule has 0 aliphatic heterocycles. The van der Waals surface area contributed by atoms with Gasteiger partial charge in [0.05, 0.1) is 18.3 Å². The fourth-order valence-corrected chi connectivity index (χ4v) is 4.04. The van der Waals surface area contributed by atoms with E-state index < -0.39 is 6.04 Å². The zero-order valence-electron chi connectivity index (χ0n) is 14.7. The Labute approximate surface area is 147 Å². The number of hydrogen-bond acceptors (Lipinski definition) is 5. The number of nitrogens with one attached hydrogen (secondary N) is 2. The van der Waals surface area contributed by atoms with Gasteiger partial charge in [0.2, 0.25) is 11.8 Å². The minimum absolute atomic E-state index is 0.0369. The molecule has 6 nitrogen and oxygen atoms in total. The highest BCUT2D eigenvalue weighted by atomic mass is 32.1. The number of fused-ring (bicyclic) bond motifs is 1. The lowest BCUT2D eigenvalue weighted by molar-refractivity contribution is -0.125. The van der Waals surface area contributed by atoms with E-state index in [9.17, 15) is 9.59 Å². The number of thiazole rings is 1. The third-order valence-electron chi connectivity index (χ3n) is 4.43. The van der Waals surface area contributed by atoms with E-state index in [4.69, 9.17) is 5.73 Å². The fourth-order valence-electron chi connectivity index (χ4n) is 2.90. The molecule has 1 aliphatic rings. The molecule has 1 aromatic rings. The second-order valence-electron chi connectivity index (χ2n) is 6.82. The molecule has 0 fully saturated rings. The molecule has 0 saturated carbocycles. The van der Waals surface area contributed by atoms with Gasteiger partial charge in [-0.1, -0.05) is 33.6 Å². The average molecular weight is 353 g/mol. The third kappa shape index (κ3) is 5.01. The van der Waals surface area contributed by atoms with Crippen LogP contribution in [0.1, 0.15) is 50.6 Å². The van der Waals surface area contributed by atoms with Crippen LogP contribution >= 0.6 is 11.3 Å². The first-order valence-electron chi connectivity index (χ1n) is 8.72. The van der Waals surface area contributed by atoms with E-state index in [0.29, 0.717) is 5.13 Å². The van der Waals surface area contributed by atoms with E-state index in [0.717, 1.165) is 24.5 Å². The number of nitrogens with zero attached hydrogens (tertiary/aromatic N) is 1. The van der Waals surface area contributed by atoms with Gasteiger partial charge in [0, 0.05) is 4.88 Å². The Balaban J connectivity index is 1.84. The van der Waals surface area contributed by atoms with Crippen molar-refractivity contribution in [3.63, 3.8) is 0 Å². The summed E-state index contributed by atoms with van der Waals surface area (Å²) in [4.78, 5) is 29.6. The molecule has 1 aromatic heterocycles. The van der Waals surface area contributed by atoms with Crippen LogP contribution in [0.2, 0.25) is 0 Å². The number of nitrogens with two attached hydrogens (primary N) is 1. The zero-order valence-corrected chi connectivity index (χ0v) is 15.5. The average Bonchev–Trinajstić information content (AvgIpc) is 2.93. The smallest absolute Gasteiger partial charge is 0.245 e. The predicted molar refractivity (Wildman–Crippen MR) is 97.0 cm³/mol. The number of aryl methyl sites for hydroxylation is 1. The van der Waals surface area contributed by atoms with Crippen LogP contribution in [-0.2, 0) is 22.4 Å². The van der Waals surface area contributed by atoms with E-state index in [1.54, 1.807) is 11.3 Å². The van der Waals surface area contributed by atoms with Crippen LogP contribution in [-0.4, -0.2) is 29.4 Å². The van der Waals surface area contributed by atoms with Crippen LogP contribution in [0.5, 0.6) is 0 Å². The SMILES string of the molecule is CCCC1CCc2nc(NC(=O)CNC(=O)[C@@H](N)C(C)C)sc2C1. The van der Waals surface area contributed by atoms with Gasteiger partial charge < -0.3 is 16.4 Å². The molecule has 0 radical (unpaired) electrons. The maximum absolute atomic E-state index is 12.0. The quantitative estimate of drug-likeness (QED) is 0.700. The number of hydrogen-bond donors (Lipinski definition) is 3. The van der Waals surface area contributed by atoms with Gasteiger partial charge in [0.1, 0.15) is 0 Å². The fraction of sp³-hybridized carbons (Fsp3) is 0.706. The molecule has 7 heteroatoms. The van der Waals surface area contributed by atoms with Crippen molar-refractivity contribution in [3.05, 3.63) is 10.6 Å². The Hall–Kier alpha value is -1.47. The van der Waals surface area contributed by atoms with Crippen molar-refractivity contribution in [2.24, 2.45) is 17.6 Å². The first kappa shape index (κ1) is 18.9. The summed E-state index contributed by atoms with van der Waals surface area (Å²) in [7, 11) is 0. The molecule has 134 valence electrons. The molecule has 2 atom stereocenters. The summed E-state index contributed by atoms with van der Waals surface area (Å²) in [6.45, 7) is 5.88.